The molecular formula is C14H21N. The zero-order chi connectivity index (χ0) is 11.0. The molecule has 1 nitrogen and oxygen atoms in total. The lowest BCUT2D eigenvalue weighted by atomic mass is 9.73. The number of nitrogens with one attached hydrogen (secondary N) is 1. The zero-order valence-corrected chi connectivity index (χ0v) is 10.2. The van der Waals surface area contributed by atoms with E-state index in [0.29, 0.717) is 0 Å². The molecule has 0 unspecified atom stereocenters. The molecule has 82 valence electrons. The van der Waals surface area contributed by atoms with E-state index in [4.69, 9.17) is 0 Å². The van der Waals surface area contributed by atoms with Crippen molar-refractivity contribution in [1.82, 2.24) is 5.32 Å². The highest BCUT2D eigenvalue weighted by Gasteiger charge is 2.30. The normalized spacial score (nSPS) is 25.1. The maximum Gasteiger partial charge on any atom is 0.00757 e. The van der Waals surface area contributed by atoms with Crippen LogP contribution in [0.4, 0.5) is 0 Å². The van der Waals surface area contributed by atoms with Crippen molar-refractivity contribution in [3.63, 3.8) is 0 Å². The van der Waals surface area contributed by atoms with Gasteiger partial charge in [-0.25, -0.2) is 0 Å². The first-order chi connectivity index (χ1) is 7.11. The van der Waals surface area contributed by atoms with Gasteiger partial charge in [-0.3, -0.25) is 0 Å². The van der Waals surface area contributed by atoms with E-state index in [9.17, 15) is 0 Å². The first-order valence-electron chi connectivity index (χ1n) is 5.87. The maximum atomic E-state index is 3.35. The van der Waals surface area contributed by atoms with E-state index in [1.54, 1.807) is 5.56 Å². The van der Waals surface area contributed by atoms with Crippen molar-refractivity contribution in [2.45, 2.75) is 45.6 Å². The van der Waals surface area contributed by atoms with Gasteiger partial charge in [-0.15, -0.1) is 0 Å². The van der Waals surface area contributed by atoms with E-state index in [0.717, 1.165) is 12.0 Å². The fourth-order valence-electron chi connectivity index (χ4n) is 2.92. The Morgan fingerprint density at radius 2 is 1.60 bits per heavy atom. The monoisotopic (exact) mass is 203 g/mol. The Hall–Kier alpha value is -0.820. The zero-order valence-electron chi connectivity index (χ0n) is 10.2. The molecule has 0 aromatic heterocycles. The average Bonchev–Trinajstić information content (AvgIpc) is 2.06. The van der Waals surface area contributed by atoms with Gasteiger partial charge in [0.2, 0.25) is 0 Å². The SMILES string of the molecule is CNC1CC(c2c(C)cc(C)cc2C)C1. The van der Waals surface area contributed by atoms with Gasteiger partial charge in [0.15, 0.2) is 0 Å². The van der Waals surface area contributed by atoms with Gasteiger partial charge in [0, 0.05) is 6.04 Å². The summed E-state index contributed by atoms with van der Waals surface area (Å²) >= 11 is 0. The van der Waals surface area contributed by atoms with Crippen LogP contribution in [0.3, 0.4) is 0 Å². The average molecular weight is 203 g/mol. The van der Waals surface area contributed by atoms with Gasteiger partial charge in [0.1, 0.15) is 0 Å². The van der Waals surface area contributed by atoms with Crippen LogP contribution in [0.2, 0.25) is 0 Å². The quantitative estimate of drug-likeness (QED) is 0.779. The van der Waals surface area contributed by atoms with Crippen molar-refractivity contribution < 1.29 is 0 Å². The molecule has 0 spiro atoms. The Bertz CT molecular complexity index is 339. The molecule has 1 heteroatoms. The molecule has 1 N–H and O–H groups in total. The number of hydrogen-bond acceptors (Lipinski definition) is 1. The van der Waals surface area contributed by atoms with Crippen molar-refractivity contribution in [2.24, 2.45) is 0 Å². The highest BCUT2D eigenvalue weighted by atomic mass is 14.9. The van der Waals surface area contributed by atoms with E-state index in [-0.39, 0.29) is 0 Å². The number of hydrogen-bond donors (Lipinski definition) is 1. The minimum Gasteiger partial charge on any atom is -0.317 e. The summed E-state index contributed by atoms with van der Waals surface area (Å²) in [7, 11) is 2.07. The van der Waals surface area contributed by atoms with Gasteiger partial charge < -0.3 is 5.32 Å². The number of rotatable bonds is 2. The Kier molecular flexibility index (Phi) is 2.83. The fraction of sp³-hybridized carbons (Fsp3) is 0.571. The lowest BCUT2D eigenvalue weighted by Gasteiger charge is -2.37. The van der Waals surface area contributed by atoms with Crippen LogP contribution in [0, 0.1) is 20.8 Å². The van der Waals surface area contributed by atoms with Crippen molar-refractivity contribution >= 4 is 0 Å². The molecule has 0 atom stereocenters. The summed E-state index contributed by atoms with van der Waals surface area (Å²) in [5, 5.41) is 3.35. The molecule has 1 fully saturated rings. The Labute approximate surface area is 92.9 Å². The van der Waals surface area contributed by atoms with Gasteiger partial charge in [0.25, 0.3) is 0 Å². The lowest BCUT2D eigenvalue weighted by Crippen LogP contribution is -2.38. The molecule has 2 rings (SSSR count). The van der Waals surface area contributed by atoms with Crippen molar-refractivity contribution in [1.29, 1.82) is 0 Å². The van der Waals surface area contributed by atoms with Gasteiger partial charge in [-0.1, -0.05) is 17.7 Å². The van der Waals surface area contributed by atoms with Crippen LogP contribution in [0.1, 0.15) is 41.0 Å². The van der Waals surface area contributed by atoms with Gasteiger partial charge in [0.05, 0.1) is 0 Å². The molecular weight excluding hydrogens is 182 g/mol. The minimum absolute atomic E-state index is 0.745. The van der Waals surface area contributed by atoms with Crippen LogP contribution in [0.25, 0.3) is 0 Å². The molecule has 1 aromatic carbocycles. The van der Waals surface area contributed by atoms with Gasteiger partial charge >= 0.3 is 0 Å². The third-order valence-corrected chi connectivity index (χ3v) is 3.69. The Morgan fingerprint density at radius 3 is 2.07 bits per heavy atom. The molecule has 0 amide bonds. The molecule has 1 aliphatic carbocycles. The number of aryl methyl sites for hydroxylation is 3. The molecule has 0 radical (unpaired) electrons. The van der Waals surface area contributed by atoms with Crippen LogP contribution in [-0.2, 0) is 0 Å². The highest BCUT2D eigenvalue weighted by molar-refractivity contribution is 5.41. The third kappa shape index (κ3) is 1.93. The third-order valence-electron chi connectivity index (χ3n) is 3.69. The van der Waals surface area contributed by atoms with E-state index >= 15 is 0 Å². The highest BCUT2D eigenvalue weighted by Crippen LogP contribution is 2.40. The molecule has 1 aromatic rings. The summed E-state index contributed by atoms with van der Waals surface area (Å²) in [6.07, 6.45) is 2.61. The molecule has 0 bridgehead atoms. The van der Waals surface area contributed by atoms with Crippen LogP contribution >= 0.6 is 0 Å². The molecule has 1 aliphatic rings. The maximum absolute atomic E-state index is 3.35. The first-order valence-corrected chi connectivity index (χ1v) is 5.87. The van der Waals surface area contributed by atoms with Gasteiger partial charge in [-0.2, -0.15) is 0 Å². The Balaban J connectivity index is 2.22. The fourth-order valence-corrected chi connectivity index (χ4v) is 2.92. The summed E-state index contributed by atoms with van der Waals surface area (Å²) in [5.74, 6) is 0.794. The molecule has 15 heavy (non-hydrogen) atoms. The molecule has 0 aliphatic heterocycles. The predicted octanol–water partition coefficient (Wildman–Crippen LogP) is 3.08. The van der Waals surface area contributed by atoms with Crippen molar-refractivity contribution in [3.8, 4) is 0 Å². The summed E-state index contributed by atoms with van der Waals surface area (Å²) in [4.78, 5) is 0. The van der Waals surface area contributed by atoms with E-state index in [2.05, 4.69) is 45.3 Å². The summed E-state index contributed by atoms with van der Waals surface area (Å²) in [6.45, 7) is 6.69. The first kappa shape index (κ1) is 10.7. The summed E-state index contributed by atoms with van der Waals surface area (Å²) in [6, 6.07) is 5.37. The van der Waals surface area contributed by atoms with Crippen LogP contribution in [-0.4, -0.2) is 13.1 Å². The molecule has 0 saturated heterocycles. The van der Waals surface area contributed by atoms with Crippen molar-refractivity contribution in [3.05, 3.63) is 34.4 Å². The summed E-state index contributed by atoms with van der Waals surface area (Å²) < 4.78 is 0. The summed E-state index contributed by atoms with van der Waals surface area (Å²) in [5.41, 5.74) is 5.95. The molecule has 0 heterocycles. The van der Waals surface area contributed by atoms with Crippen LogP contribution in [0.15, 0.2) is 12.1 Å². The standard InChI is InChI=1S/C14H21N/c1-9-5-10(2)14(11(3)6-9)12-7-13(8-12)15-4/h5-6,12-13,15H,7-8H2,1-4H3. The topological polar surface area (TPSA) is 12.0 Å². The van der Waals surface area contributed by atoms with Crippen LogP contribution < -0.4 is 5.32 Å². The largest absolute Gasteiger partial charge is 0.317 e. The number of benzene rings is 1. The Morgan fingerprint density at radius 1 is 1.07 bits per heavy atom. The second-order valence-corrected chi connectivity index (χ2v) is 4.97. The van der Waals surface area contributed by atoms with E-state index in [1.165, 1.54) is 29.5 Å². The minimum atomic E-state index is 0.745. The second-order valence-electron chi connectivity index (χ2n) is 4.97. The van der Waals surface area contributed by atoms with Crippen molar-refractivity contribution in [2.75, 3.05) is 7.05 Å². The second kappa shape index (κ2) is 3.97. The van der Waals surface area contributed by atoms with Crippen LogP contribution in [0.5, 0.6) is 0 Å². The lowest BCUT2D eigenvalue weighted by molar-refractivity contribution is 0.305. The molecule has 1 saturated carbocycles. The predicted molar refractivity (Wildman–Crippen MR) is 65.5 cm³/mol. The van der Waals surface area contributed by atoms with E-state index < -0.39 is 0 Å². The van der Waals surface area contributed by atoms with E-state index in [1.807, 2.05) is 0 Å². The smallest absolute Gasteiger partial charge is 0.00757 e. The van der Waals surface area contributed by atoms with Gasteiger partial charge in [-0.05, 0) is 63.3 Å².